The Balaban J connectivity index is 2.12. The molecule has 0 saturated carbocycles. The van der Waals surface area contributed by atoms with Gasteiger partial charge in [0.15, 0.2) is 5.11 Å². The summed E-state index contributed by atoms with van der Waals surface area (Å²) in [5.41, 5.74) is 10.4. The number of hydrogen-bond acceptors (Lipinski definition) is 2. The predicted molar refractivity (Wildman–Crippen MR) is 70.5 cm³/mol. The lowest BCUT2D eigenvalue weighted by molar-refractivity contribution is 0.780. The Morgan fingerprint density at radius 2 is 2.31 bits per heavy atom. The summed E-state index contributed by atoms with van der Waals surface area (Å²) in [5.74, 6) is 0. The maximum atomic E-state index is 5.29. The maximum Gasteiger partial charge on any atom is 0.184 e. The zero-order chi connectivity index (χ0) is 11.4. The minimum Gasteiger partial charge on any atom is -0.375 e. The highest BCUT2D eigenvalue weighted by Gasteiger charge is 2.13. The van der Waals surface area contributed by atoms with Gasteiger partial charge in [-0.3, -0.25) is 5.43 Å². The Bertz CT molecular complexity index is 416. The third-order valence-corrected chi connectivity index (χ3v) is 2.61. The van der Waals surface area contributed by atoms with Crippen molar-refractivity contribution in [2.24, 2.45) is 10.8 Å². The van der Waals surface area contributed by atoms with Crippen molar-refractivity contribution in [3.8, 4) is 0 Å². The van der Waals surface area contributed by atoms with Gasteiger partial charge in [0.25, 0.3) is 0 Å². The second-order valence-electron chi connectivity index (χ2n) is 3.65. The molecule has 0 aliphatic carbocycles. The third kappa shape index (κ3) is 2.49. The van der Waals surface area contributed by atoms with Crippen LogP contribution in [-0.2, 0) is 6.42 Å². The predicted octanol–water partition coefficient (Wildman–Crippen LogP) is 1.22. The van der Waals surface area contributed by atoms with Gasteiger partial charge in [0.1, 0.15) is 6.34 Å². The Morgan fingerprint density at radius 1 is 1.50 bits per heavy atom. The zero-order valence-corrected chi connectivity index (χ0v) is 9.70. The SMILES string of the molecule is NC(=S)NN=CN1CCCc2ccccc21. The molecule has 0 fully saturated rings. The van der Waals surface area contributed by atoms with Gasteiger partial charge < -0.3 is 10.6 Å². The molecule has 0 saturated heterocycles. The molecule has 0 unspecified atom stereocenters. The highest BCUT2D eigenvalue weighted by atomic mass is 32.1. The van der Waals surface area contributed by atoms with Crippen LogP contribution in [0.4, 0.5) is 5.69 Å². The standard InChI is InChI=1S/C11H14N4S/c12-11(16)14-13-8-15-7-3-5-9-4-1-2-6-10(9)15/h1-2,4,6,8H,3,5,7H2,(H3,12,14,16). The number of anilines is 1. The number of nitrogens with two attached hydrogens (primary N) is 1. The molecule has 1 aromatic carbocycles. The van der Waals surface area contributed by atoms with E-state index in [9.17, 15) is 0 Å². The van der Waals surface area contributed by atoms with Crippen molar-refractivity contribution in [1.29, 1.82) is 0 Å². The van der Waals surface area contributed by atoms with Gasteiger partial charge in [-0.1, -0.05) is 18.2 Å². The molecule has 0 bridgehead atoms. The first-order chi connectivity index (χ1) is 7.77. The number of rotatable bonds is 2. The second kappa shape index (κ2) is 4.94. The van der Waals surface area contributed by atoms with E-state index in [-0.39, 0.29) is 5.11 Å². The van der Waals surface area contributed by atoms with E-state index in [4.69, 9.17) is 5.73 Å². The maximum absolute atomic E-state index is 5.29. The first kappa shape index (κ1) is 10.9. The molecule has 0 radical (unpaired) electrons. The Morgan fingerprint density at radius 3 is 3.12 bits per heavy atom. The van der Waals surface area contributed by atoms with Crippen molar-refractivity contribution < 1.29 is 0 Å². The highest BCUT2D eigenvalue weighted by Crippen LogP contribution is 2.25. The monoisotopic (exact) mass is 234 g/mol. The van der Waals surface area contributed by atoms with Gasteiger partial charge in [-0.2, -0.15) is 5.10 Å². The smallest absolute Gasteiger partial charge is 0.184 e. The Hall–Kier alpha value is -1.62. The van der Waals surface area contributed by atoms with Crippen LogP contribution in [0.1, 0.15) is 12.0 Å². The lowest BCUT2D eigenvalue weighted by Crippen LogP contribution is -2.31. The van der Waals surface area contributed by atoms with E-state index < -0.39 is 0 Å². The molecule has 84 valence electrons. The topological polar surface area (TPSA) is 53.6 Å². The molecular weight excluding hydrogens is 220 g/mol. The van der Waals surface area contributed by atoms with E-state index in [0.717, 1.165) is 19.4 Å². The molecule has 1 aliphatic rings. The number of hydrogen-bond donors (Lipinski definition) is 2. The normalized spacial score (nSPS) is 14.9. The molecule has 0 aromatic heterocycles. The molecule has 16 heavy (non-hydrogen) atoms. The number of nitrogens with one attached hydrogen (secondary N) is 1. The minimum atomic E-state index is 0.182. The summed E-state index contributed by atoms with van der Waals surface area (Å²) in [6, 6.07) is 8.34. The second-order valence-corrected chi connectivity index (χ2v) is 4.09. The van der Waals surface area contributed by atoms with Crippen LogP contribution in [0.2, 0.25) is 0 Å². The van der Waals surface area contributed by atoms with E-state index in [0.29, 0.717) is 0 Å². The largest absolute Gasteiger partial charge is 0.375 e. The van der Waals surface area contributed by atoms with Crippen LogP contribution in [0.15, 0.2) is 29.4 Å². The van der Waals surface area contributed by atoms with Crippen LogP contribution >= 0.6 is 12.2 Å². The van der Waals surface area contributed by atoms with Gasteiger partial charge in [-0.05, 0) is 36.7 Å². The molecular formula is C11H14N4S. The third-order valence-electron chi connectivity index (χ3n) is 2.52. The summed E-state index contributed by atoms with van der Waals surface area (Å²) >= 11 is 4.67. The van der Waals surface area contributed by atoms with Crippen molar-refractivity contribution in [2.45, 2.75) is 12.8 Å². The molecule has 1 heterocycles. The first-order valence-corrected chi connectivity index (χ1v) is 5.61. The van der Waals surface area contributed by atoms with Crippen LogP contribution < -0.4 is 16.1 Å². The van der Waals surface area contributed by atoms with Gasteiger partial charge in [-0.25, -0.2) is 0 Å². The lowest BCUT2D eigenvalue weighted by Gasteiger charge is -2.27. The molecule has 4 nitrogen and oxygen atoms in total. The van der Waals surface area contributed by atoms with Crippen LogP contribution in [-0.4, -0.2) is 18.0 Å². The van der Waals surface area contributed by atoms with Gasteiger partial charge in [0, 0.05) is 12.2 Å². The fourth-order valence-electron chi connectivity index (χ4n) is 1.84. The fraction of sp³-hybridized carbons (Fsp3) is 0.273. The highest BCUT2D eigenvalue weighted by molar-refractivity contribution is 7.80. The average Bonchev–Trinajstić information content (AvgIpc) is 2.29. The van der Waals surface area contributed by atoms with Crippen molar-refractivity contribution in [3.63, 3.8) is 0 Å². The molecule has 0 amide bonds. The van der Waals surface area contributed by atoms with Crippen LogP contribution in [0.5, 0.6) is 0 Å². The van der Waals surface area contributed by atoms with Crippen molar-refractivity contribution in [2.75, 3.05) is 11.4 Å². The van der Waals surface area contributed by atoms with Gasteiger partial charge in [0.05, 0.1) is 0 Å². The van der Waals surface area contributed by atoms with E-state index in [1.165, 1.54) is 11.3 Å². The molecule has 1 aliphatic heterocycles. The first-order valence-electron chi connectivity index (χ1n) is 5.20. The summed E-state index contributed by atoms with van der Waals surface area (Å²) in [6.07, 6.45) is 4.00. The van der Waals surface area contributed by atoms with Gasteiger partial charge in [-0.15, -0.1) is 0 Å². The summed E-state index contributed by atoms with van der Waals surface area (Å²) in [6.45, 7) is 0.972. The van der Waals surface area contributed by atoms with Crippen molar-refractivity contribution >= 4 is 29.4 Å². The molecule has 0 atom stereocenters. The number of para-hydroxylation sites is 1. The number of nitrogens with zero attached hydrogens (tertiary/aromatic N) is 2. The number of thiocarbonyl (C=S) groups is 1. The van der Waals surface area contributed by atoms with E-state index in [1.54, 1.807) is 6.34 Å². The summed E-state index contributed by atoms with van der Waals surface area (Å²) in [7, 11) is 0. The van der Waals surface area contributed by atoms with E-state index in [1.807, 2.05) is 6.07 Å². The number of benzene rings is 1. The van der Waals surface area contributed by atoms with E-state index >= 15 is 0 Å². The average molecular weight is 234 g/mol. The number of hydrazone groups is 1. The Labute approximate surface area is 100 Å². The number of fused-ring (bicyclic) bond motifs is 1. The van der Waals surface area contributed by atoms with Crippen LogP contribution in [0.25, 0.3) is 0 Å². The minimum absolute atomic E-state index is 0.182. The molecule has 0 spiro atoms. The quantitative estimate of drug-likeness (QED) is 0.349. The van der Waals surface area contributed by atoms with Crippen molar-refractivity contribution in [1.82, 2.24) is 5.43 Å². The molecule has 2 rings (SSSR count). The molecule has 3 N–H and O–H groups in total. The Kier molecular flexibility index (Phi) is 3.36. The van der Waals surface area contributed by atoms with Crippen LogP contribution in [0.3, 0.4) is 0 Å². The van der Waals surface area contributed by atoms with E-state index in [2.05, 4.69) is 45.8 Å². The fourth-order valence-corrected chi connectivity index (χ4v) is 1.90. The van der Waals surface area contributed by atoms with Crippen LogP contribution in [0, 0.1) is 0 Å². The zero-order valence-electron chi connectivity index (χ0n) is 8.89. The number of aryl methyl sites for hydroxylation is 1. The summed E-state index contributed by atoms with van der Waals surface area (Å²) in [4.78, 5) is 2.10. The lowest BCUT2D eigenvalue weighted by atomic mass is 10.0. The van der Waals surface area contributed by atoms with Gasteiger partial charge >= 0.3 is 0 Å². The molecule has 1 aromatic rings. The molecule has 5 heteroatoms. The van der Waals surface area contributed by atoms with Gasteiger partial charge in [0.2, 0.25) is 0 Å². The van der Waals surface area contributed by atoms with Crippen molar-refractivity contribution in [3.05, 3.63) is 29.8 Å². The summed E-state index contributed by atoms with van der Waals surface area (Å²) in [5, 5.41) is 4.16. The summed E-state index contributed by atoms with van der Waals surface area (Å²) < 4.78 is 0.